The van der Waals surface area contributed by atoms with E-state index in [-0.39, 0.29) is 5.91 Å². The van der Waals surface area contributed by atoms with Gasteiger partial charge in [-0.15, -0.1) is 0 Å². The monoisotopic (exact) mass is 386 g/mol. The minimum absolute atomic E-state index is 0.168. The molecule has 0 saturated carbocycles. The van der Waals surface area contributed by atoms with Crippen molar-refractivity contribution in [3.8, 4) is 5.75 Å². The lowest BCUT2D eigenvalue weighted by Gasteiger charge is -2.15. The van der Waals surface area contributed by atoms with Gasteiger partial charge in [-0.1, -0.05) is 48.5 Å². The SMILES string of the molecule is O=C(O)COc1ccc(NC(=C2C(=O)Nc3ccccc32)c2ccccc2)cc1. The first kappa shape index (κ1) is 18.3. The maximum atomic E-state index is 12.8. The molecule has 0 saturated heterocycles. The summed E-state index contributed by atoms with van der Waals surface area (Å²) in [5, 5.41) is 15.0. The highest BCUT2D eigenvalue weighted by Gasteiger charge is 2.27. The molecule has 3 aromatic rings. The molecule has 1 heterocycles. The third-order valence-electron chi connectivity index (χ3n) is 4.47. The van der Waals surface area contributed by atoms with Crippen molar-refractivity contribution in [3.63, 3.8) is 0 Å². The fourth-order valence-electron chi connectivity index (χ4n) is 3.17. The highest BCUT2D eigenvalue weighted by Crippen LogP contribution is 2.37. The van der Waals surface area contributed by atoms with Crippen LogP contribution in [0, 0.1) is 0 Å². The van der Waals surface area contributed by atoms with E-state index in [1.165, 1.54) is 0 Å². The number of amides is 1. The molecule has 1 aliphatic heterocycles. The van der Waals surface area contributed by atoms with Gasteiger partial charge in [-0.3, -0.25) is 4.79 Å². The number of para-hydroxylation sites is 1. The summed E-state index contributed by atoms with van der Waals surface area (Å²) >= 11 is 0. The van der Waals surface area contributed by atoms with Gasteiger partial charge in [0.15, 0.2) is 6.61 Å². The van der Waals surface area contributed by atoms with Gasteiger partial charge in [-0.2, -0.15) is 0 Å². The van der Waals surface area contributed by atoms with Crippen molar-refractivity contribution in [1.29, 1.82) is 0 Å². The van der Waals surface area contributed by atoms with Crippen LogP contribution < -0.4 is 15.4 Å². The Balaban J connectivity index is 1.72. The second-order valence-corrected chi connectivity index (χ2v) is 6.45. The number of carbonyl (C=O) groups excluding carboxylic acids is 1. The van der Waals surface area contributed by atoms with Gasteiger partial charge in [0.2, 0.25) is 0 Å². The number of hydrogen-bond donors (Lipinski definition) is 3. The maximum absolute atomic E-state index is 12.8. The molecular formula is C23H18N2O4. The fourth-order valence-corrected chi connectivity index (χ4v) is 3.17. The Labute approximate surface area is 167 Å². The van der Waals surface area contributed by atoms with Gasteiger partial charge in [-0.25, -0.2) is 4.79 Å². The molecule has 0 bridgehead atoms. The molecule has 1 amide bonds. The van der Waals surface area contributed by atoms with Gasteiger partial charge in [0.1, 0.15) is 5.75 Å². The maximum Gasteiger partial charge on any atom is 0.341 e. The summed E-state index contributed by atoms with van der Waals surface area (Å²) in [5.41, 5.74) is 4.49. The summed E-state index contributed by atoms with van der Waals surface area (Å²) in [6, 6.07) is 24.1. The second-order valence-electron chi connectivity index (χ2n) is 6.45. The van der Waals surface area contributed by atoms with Gasteiger partial charge < -0.3 is 20.5 Å². The molecule has 0 spiro atoms. The molecule has 6 heteroatoms. The number of rotatable bonds is 6. The Kier molecular flexibility index (Phi) is 4.99. The van der Waals surface area contributed by atoms with Crippen molar-refractivity contribution in [3.05, 3.63) is 90.0 Å². The molecule has 29 heavy (non-hydrogen) atoms. The molecule has 0 radical (unpaired) electrons. The van der Waals surface area contributed by atoms with E-state index < -0.39 is 12.6 Å². The van der Waals surface area contributed by atoms with E-state index >= 15 is 0 Å². The van der Waals surface area contributed by atoms with E-state index in [9.17, 15) is 9.59 Å². The van der Waals surface area contributed by atoms with Crippen molar-refractivity contribution in [2.75, 3.05) is 17.2 Å². The highest BCUT2D eigenvalue weighted by molar-refractivity contribution is 6.37. The summed E-state index contributed by atoms with van der Waals surface area (Å²) < 4.78 is 5.17. The largest absolute Gasteiger partial charge is 0.482 e. The van der Waals surface area contributed by atoms with E-state index in [0.29, 0.717) is 17.0 Å². The van der Waals surface area contributed by atoms with E-state index in [1.807, 2.05) is 54.6 Å². The Morgan fingerprint density at radius 1 is 0.931 bits per heavy atom. The van der Waals surface area contributed by atoms with Crippen molar-refractivity contribution in [2.24, 2.45) is 0 Å². The first-order valence-corrected chi connectivity index (χ1v) is 9.04. The zero-order valence-corrected chi connectivity index (χ0v) is 15.4. The Morgan fingerprint density at radius 3 is 2.34 bits per heavy atom. The number of ether oxygens (including phenoxy) is 1. The average Bonchev–Trinajstić information content (AvgIpc) is 3.07. The van der Waals surface area contributed by atoms with Gasteiger partial charge in [0, 0.05) is 16.9 Å². The van der Waals surface area contributed by atoms with Gasteiger partial charge >= 0.3 is 5.97 Å². The summed E-state index contributed by atoms with van der Waals surface area (Å²) in [5.74, 6) is -0.746. The van der Waals surface area contributed by atoms with Crippen molar-refractivity contribution >= 4 is 34.5 Å². The van der Waals surface area contributed by atoms with Crippen LogP contribution in [0.25, 0.3) is 11.3 Å². The molecule has 6 nitrogen and oxygen atoms in total. The summed E-state index contributed by atoms with van der Waals surface area (Å²) in [6.07, 6.45) is 0. The molecule has 0 atom stereocenters. The number of benzene rings is 3. The molecule has 0 aromatic heterocycles. The zero-order valence-electron chi connectivity index (χ0n) is 15.4. The Morgan fingerprint density at radius 2 is 1.62 bits per heavy atom. The number of aliphatic carboxylic acids is 1. The summed E-state index contributed by atoms with van der Waals surface area (Å²) in [4.78, 5) is 23.4. The molecule has 1 aliphatic rings. The van der Waals surface area contributed by atoms with E-state index in [2.05, 4.69) is 10.6 Å². The number of anilines is 2. The molecule has 3 N–H and O–H groups in total. The third kappa shape index (κ3) is 3.96. The normalized spacial score (nSPS) is 14.0. The van der Waals surface area contributed by atoms with Crippen LogP contribution >= 0.6 is 0 Å². The molecule has 0 fully saturated rings. The number of fused-ring (bicyclic) bond motifs is 1. The molecule has 4 rings (SSSR count). The number of carboxylic acid groups (broad SMARTS) is 1. The molecular weight excluding hydrogens is 368 g/mol. The van der Waals surface area contributed by atoms with Crippen LogP contribution in [0.4, 0.5) is 11.4 Å². The standard InChI is InChI=1S/C23H18N2O4/c26-20(27)14-29-17-12-10-16(11-13-17)24-22(15-6-2-1-3-7-15)21-18-8-4-5-9-19(18)25-23(21)28/h1-13,24H,14H2,(H,25,28)(H,26,27). The topological polar surface area (TPSA) is 87.7 Å². The fraction of sp³-hybridized carbons (Fsp3) is 0.0435. The first-order chi connectivity index (χ1) is 14.1. The number of carbonyl (C=O) groups is 2. The van der Waals surface area contributed by atoms with Crippen LogP contribution in [0.5, 0.6) is 5.75 Å². The van der Waals surface area contributed by atoms with Crippen LogP contribution in [0.15, 0.2) is 78.9 Å². The minimum atomic E-state index is -1.03. The number of carboxylic acids is 1. The minimum Gasteiger partial charge on any atom is -0.482 e. The molecule has 3 aromatic carbocycles. The quantitative estimate of drug-likeness (QED) is 0.556. The van der Waals surface area contributed by atoms with Gasteiger partial charge in [0.25, 0.3) is 5.91 Å². The van der Waals surface area contributed by atoms with Crippen molar-refractivity contribution < 1.29 is 19.4 Å². The van der Waals surface area contributed by atoms with Crippen LogP contribution in [0.3, 0.4) is 0 Å². The summed E-state index contributed by atoms with van der Waals surface area (Å²) in [6.45, 7) is -0.400. The number of hydrogen-bond acceptors (Lipinski definition) is 4. The third-order valence-corrected chi connectivity index (χ3v) is 4.47. The second kappa shape index (κ2) is 7.90. The van der Waals surface area contributed by atoms with Crippen LogP contribution in [-0.2, 0) is 9.59 Å². The number of nitrogens with one attached hydrogen (secondary N) is 2. The summed E-state index contributed by atoms with van der Waals surface area (Å²) in [7, 11) is 0. The molecule has 0 unspecified atom stereocenters. The van der Waals surface area contributed by atoms with E-state index in [0.717, 1.165) is 22.5 Å². The lowest BCUT2D eigenvalue weighted by atomic mass is 10.00. The van der Waals surface area contributed by atoms with Gasteiger partial charge in [-0.05, 0) is 35.9 Å². The molecule has 0 aliphatic carbocycles. The Hall–Kier alpha value is -4.06. The van der Waals surface area contributed by atoms with E-state index in [1.54, 1.807) is 24.3 Å². The van der Waals surface area contributed by atoms with Gasteiger partial charge in [0.05, 0.1) is 11.3 Å². The van der Waals surface area contributed by atoms with E-state index in [4.69, 9.17) is 9.84 Å². The van der Waals surface area contributed by atoms with Crippen LogP contribution in [0.2, 0.25) is 0 Å². The Bertz CT molecular complexity index is 1090. The smallest absolute Gasteiger partial charge is 0.341 e. The predicted octanol–water partition coefficient (Wildman–Crippen LogP) is 4.08. The van der Waals surface area contributed by atoms with Crippen LogP contribution in [-0.4, -0.2) is 23.6 Å². The van der Waals surface area contributed by atoms with Crippen LogP contribution in [0.1, 0.15) is 11.1 Å². The first-order valence-electron chi connectivity index (χ1n) is 9.04. The van der Waals surface area contributed by atoms with Crippen molar-refractivity contribution in [1.82, 2.24) is 0 Å². The molecule has 144 valence electrons. The lowest BCUT2D eigenvalue weighted by molar-refractivity contribution is -0.139. The lowest BCUT2D eigenvalue weighted by Crippen LogP contribution is -2.10. The van der Waals surface area contributed by atoms with Crippen molar-refractivity contribution in [2.45, 2.75) is 0 Å². The average molecular weight is 386 g/mol. The predicted molar refractivity (Wildman–Crippen MR) is 112 cm³/mol. The zero-order chi connectivity index (χ0) is 20.2. The highest BCUT2D eigenvalue weighted by atomic mass is 16.5.